The number of aromatic nitrogens is 1. The van der Waals surface area contributed by atoms with Gasteiger partial charge in [-0.05, 0) is 40.2 Å². The summed E-state index contributed by atoms with van der Waals surface area (Å²) in [5.41, 5.74) is 1.81. The van der Waals surface area contributed by atoms with Crippen LogP contribution in [0.15, 0.2) is 45.7 Å². The van der Waals surface area contributed by atoms with E-state index in [9.17, 15) is 4.79 Å². The molecule has 0 radical (unpaired) electrons. The van der Waals surface area contributed by atoms with Crippen LogP contribution in [0.5, 0.6) is 5.75 Å². The van der Waals surface area contributed by atoms with Gasteiger partial charge in [-0.25, -0.2) is 0 Å². The lowest BCUT2D eigenvalue weighted by atomic mass is 10.1. The highest BCUT2D eigenvalue weighted by Gasteiger charge is 2.07. The summed E-state index contributed by atoms with van der Waals surface area (Å²) in [6.45, 7) is 0. The van der Waals surface area contributed by atoms with Crippen LogP contribution >= 0.6 is 15.9 Å². The minimum absolute atomic E-state index is 0.0229. The Kier molecular flexibility index (Phi) is 3.33. The highest BCUT2D eigenvalue weighted by Crippen LogP contribution is 2.30. The predicted molar refractivity (Wildman–Crippen MR) is 71.4 cm³/mol. The molecule has 0 aliphatic heterocycles. The molecule has 0 aliphatic carbocycles. The Labute approximate surface area is 108 Å². The number of hydrogen-bond acceptors (Lipinski definition) is 2. The van der Waals surface area contributed by atoms with Gasteiger partial charge in [-0.2, -0.15) is 0 Å². The number of ether oxygens (including phenoxy) is 1. The lowest BCUT2D eigenvalue weighted by Crippen LogP contribution is -2.16. The Morgan fingerprint density at radius 3 is 2.65 bits per heavy atom. The summed E-state index contributed by atoms with van der Waals surface area (Å²) >= 11 is 3.49. The third kappa shape index (κ3) is 2.26. The van der Waals surface area contributed by atoms with Crippen LogP contribution in [0, 0.1) is 0 Å². The first-order valence-electron chi connectivity index (χ1n) is 5.13. The Hall–Kier alpha value is -1.55. The van der Waals surface area contributed by atoms with Crippen LogP contribution < -0.4 is 10.3 Å². The molecule has 0 aliphatic rings. The molecule has 0 fully saturated rings. The van der Waals surface area contributed by atoms with Crippen molar-refractivity contribution in [2.75, 3.05) is 7.11 Å². The zero-order chi connectivity index (χ0) is 12.4. The van der Waals surface area contributed by atoms with Gasteiger partial charge in [0.25, 0.3) is 5.56 Å². The number of rotatable bonds is 2. The second-order valence-electron chi connectivity index (χ2n) is 3.65. The Balaban J connectivity index is 2.61. The standard InChI is InChI=1S/C13H12BrNO2/c1-15-12(4-3-5-13(15)16)10-7-6-9(17-2)8-11(10)14/h3-8H,1-2H3. The fraction of sp³-hybridized carbons (Fsp3) is 0.154. The lowest BCUT2D eigenvalue weighted by Gasteiger charge is -2.10. The van der Waals surface area contributed by atoms with Gasteiger partial charge < -0.3 is 9.30 Å². The minimum atomic E-state index is -0.0229. The van der Waals surface area contributed by atoms with Crippen molar-refractivity contribution in [2.45, 2.75) is 0 Å². The van der Waals surface area contributed by atoms with Crippen LogP contribution in [-0.4, -0.2) is 11.7 Å². The second kappa shape index (κ2) is 4.75. The third-order valence-corrected chi connectivity index (χ3v) is 3.29. The molecule has 4 heteroatoms. The van der Waals surface area contributed by atoms with Crippen molar-refractivity contribution in [2.24, 2.45) is 7.05 Å². The van der Waals surface area contributed by atoms with Gasteiger partial charge in [-0.15, -0.1) is 0 Å². The number of methoxy groups -OCH3 is 1. The molecule has 0 bridgehead atoms. The van der Waals surface area contributed by atoms with Crippen molar-refractivity contribution in [3.63, 3.8) is 0 Å². The van der Waals surface area contributed by atoms with Gasteiger partial charge in [0.2, 0.25) is 0 Å². The topological polar surface area (TPSA) is 31.2 Å². The molecule has 0 atom stereocenters. The zero-order valence-corrected chi connectivity index (χ0v) is 11.2. The predicted octanol–water partition coefficient (Wildman–Crippen LogP) is 2.82. The largest absolute Gasteiger partial charge is 0.497 e. The summed E-state index contributed by atoms with van der Waals surface area (Å²) in [7, 11) is 3.38. The molecule has 2 rings (SSSR count). The van der Waals surface area contributed by atoms with Gasteiger partial charge in [-0.3, -0.25) is 4.79 Å². The Bertz CT molecular complexity index is 605. The maximum absolute atomic E-state index is 11.6. The van der Waals surface area contributed by atoms with E-state index in [0.717, 1.165) is 21.5 Å². The van der Waals surface area contributed by atoms with Crippen LogP contribution in [0.2, 0.25) is 0 Å². The fourth-order valence-electron chi connectivity index (χ4n) is 1.66. The molecule has 1 heterocycles. The number of halogens is 1. The molecule has 1 aromatic carbocycles. The number of nitrogens with zero attached hydrogens (tertiary/aromatic N) is 1. The van der Waals surface area contributed by atoms with Crippen molar-refractivity contribution in [3.05, 3.63) is 51.2 Å². The zero-order valence-electron chi connectivity index (χ0n) is 9.61. The van der Waals surface area contributed by atoms with E-state index in [0.29, 0.717) is 0 Å². The molecule has 88 valence electrons. The van der Waals surface area contributed by atoms with Crippen molar-refractivity contribution in [3.8, 4) is 17.0 Å². The van der Waals surface area contributed by atoms with Crippen molar-refractivity contribution >= 4 is 15.9 Å². The third-order valence-electron chi connectivity index (χ3n) is 2.64. The monoisotopic (exact) mass is 293 g/mol. The van der Waals surface area contributed by atoms with Crippen molar-refractivity contribution in [1.82, 2.24) is 4.57 Å². The molecule has 0 unspecified atom stereocenters. The van der Waals surface area contributed by atoms with E-state index in [4.69, 9.17) is 4.74 Å². The minimum Gasteiger partial charge on any atom is -0.497 e. The summed E-state index contributed by atoms with van der Waals surface area (Å²) in [6.07, 6.45) is 0. The van der Waals surface area contributed by atoms with Gasteiger partial charge in [0.15, 0.2) is 0 Å². The summed E-state index contributed by atoms with van der Waals surface area (Å²) in [6, 6.07) is 10.9. The van der Waals surface area contributed by atoms with Crippen molar-refractivity contribution < 1.29 is 4.74 Å². The van der Waals surface area contributed by atoms with E-state index in [1.165, 1.54) is 0 Å². The van der Waals surface area contributed by atoms with E-state index in [2.05, 4.69) is 15.9 Å². The van der Waals surface area contributed by atoms with E-state index >= 15 is 0 Å². The summed E-state index contributed by atoms with van der Waals surface area (Å²) in [5.74, 6) is 0.779. The molecule has 1 aromatic heterocycles. The van der Waals surface area contributed by atoms with E-state index in [1.807, 2.05) is 24.3 Å². The molecule has 17 heavy (non-hydrogen) atoms. The van der Waals surface area contributed by atoms with Crippen molar-refractivity contribution in [1.29, 1.82) is 0 Å². The highest BCUT2D eigenvalue weighted by atomic mass is 79.9. The smallest absolute Gasteiger partial charge is 0.250 e. The average molecular weight is 294 g/mol. The van der Waals surface area contributed by atoms with Gasteiger partial charge in [0.1, 0.15) is 5.75 Å². The summed E-state index contributed by atoms with van der Waals surface area (Å²) in [5, 5.41) is 0. The van der Waals surface area contributed by atoms with Crippen LogP contribution in [0.3, 0.4) is 0 Å². The lowest BCUT2D eigenvalue weighted by molar-refractivity contribution is 0.414. The second-order valence-corrected chi connectivity index (χ2v) is 4.51. The number of benzene rings is 1. The van der Waals surface area contributed by atoms with Crippen LogP contribution in [0.4, 0.5) is 0 Å². The maximum atomic E-state index is 11.6. The molecule has 0 spiro atoms. The molecular formula is C13H12BrNO2. The van der Waals surface area contributed by atoms with Crippen LogP contribution in [0.25, 0.3) is 11.3 Å². The first-order valence-corrected chi connectivity index (χ1v) is 5.92. The van der Waals surface area contributed by atoms with Gasteiger partial charge in [0.05, 0.1) is 12.8 Å². The molecule has 2 aromatic rings. The van der Waals surface area contributed by atoms with E-state index < -0.39 is 0 Å². The fourth-order valence-corrected chi connectivity index (χ4v) is 2.23. The quantitative estimate of drug-likeness (QED) is 0.853. The highest BCUT2D eigenvalue weighted by molar-refractivity contribution is 9.10. The van der Waals surface area contributed by atoms with E-state index in [1.54, 1.807) is 30.9 Å². The molecule has 3 nitrogen and oxygen atoms in total. The molecule has 0 amide bonds. The van der Waals surface area contributed by atoms with Gasteiger partial charge in [0, 0.05) is 23.2 Å². The Morgan fingerprint density at radius 1 is 1.24 bits per heavy atom. The molecule has 0 saturated heterocycles. The van der Waals surface area contributed by atoms with Crippen LogP contribution in [-0.2, 0) is 7.05 Å². The van der Waals surface area contributed by atoms with Gasteiger partial charge >= 0.3 is 0 Å². The first-order chi connectivity index (χ1) is 8.13. The molecule has 0 saturated carbocycles. The normalized spacial score (nSPS) is 10.3. The first kappa shape index (κ1) is 11.9. The number of pyridine rings is 1. The molecular weight excluding hydrogens is 282 g/mol. The molecule has 0 N–H and O–H groups in total. The van der Waals surface area contributed by atoms with E-state index in [-0.39, 0.29) is 5.56 Å². The summed E-state index contributed by atoms with van der Waals surface area (Å²) < 4.78 is 7.66. The SMILES string of the molecule is COc1ccc(-c2cccc(=O)n2C)c(Br)c1. The summed E-state index contributed by atoms with van der Waals surface area (Å²) in [4.78, 5) is 11.6. The number of hydrogen-bond donors (Lipinski definition) is 0. The van der Waals surface area contributed by atoms with Gasteiger partial charge in [-0.1, -0.05) is 6.07 Å². The van der Waals surface area contributed by atoms with Crippen LogP contribution in [0.1, 0.15) is 0 Å². The maximum Gasteiger partial charge on any atom is 0.250 e. The average Bonchev–Trinajstić information content (AvgIpc) is 2.33. The Morgan fingerprint density at radius 2 is 2.00 bits per heavy atom.